The van der Waals surface area contributed by atoms with Crippen LogP contribution in [0.15, 0.2) is 12.7 Å². The first-order valence-corrected chi connectivity index (χ1v) is 5.84. The SMILES string of the molecule is C=CC(=O)OCCC(=O)OCC(F)(F)S(=O)(=O)O. The van der Waals surface area contributed by atoms with E-state index in [1.807, 2.05) is 0 Å². The highest BCUT2D eigenvalue weighted by molar-refractivity contribution is 7.86. The Hall–Kier alpha value is -1.55. The molecule has 0 aromatic carbocycles. The molecule has 0 unspecified atom stereocenters. The van der Waals surface area contributed by atoms with Crippen molar-refractivity contribution in [1.29, 1.82) is 0 Å². The summed E-state index contributed by atoms with van der Waals surface area (Å²) in [4.78, 5) is 21.4. The van der Waals surface area contributed by atoms with Crippen molar-refractivity contribution in [2.45, 2.75) is 11.7 Å². The van der Waals surface area contributed by atoms with Crippen LogP contribution in [0.25, 0.3) is 0 Å². The summed E-state index contributed by atoms with van der Waals surface area (Å²) < 4.78 is 61.8. The summed E-state index contributed by atoms with van der Waals surface area (Å²) in [7, 11) is -5.65. The molecule has 0 atom stereocenters. The van der Waals surface area contributed by atoms with Gasteiger partial charge in [0.1, 0.15) is 6.61 Å². The third-order valence-corrected chi connectivity index (χ3v) is 2.37. The lowest BCUT2D eigenvalue weighted by molar-refractivity contribution is -0.152. The Balaban J connectivity index is 4.05. The number of hydrogen-bond donors (Lipinski definition) is 1. The fourth-order valence-corrected chi connectivity index (χ4v) is 0.813. The van der Waals surface area contributed by atoms with Gasteiger partial charge >= 0.3 is 27.3 Å². The van der Waals surface area contributed by atoms with E-state index in [1.165, 1.54) is 0 Å². The smallest absolute Gasteiger partial charge is 0.402 e. The molecule has 0 heterocycles. The van der Waals surface area contributed by atoms with E-state index >= 15 is 0 Å². The van der Waals surface area contributed by atoms with E-state index in [0.717, 1.165) is 6.08 Å². The second-order valence-electron chi connectivity index (χ2n) is 2.89. The molecule has 0 amide bonds. The highest BCUT2D eigenvalue weighted by atomic mass is 32.2. The largest absolute Gasteiger partial charge is 0.462 e. The summed E-state index contributed by atoms with van der Waals surface area (Å²) in [6.07, 6.45) is 0.291. The first kappa shape index (κ1) is 16.4. The van der Waals surface area contributed by atoms with Gasteiger partial charge in [-0.05, 0) is 0 Å². The van der Waals surface area contributed by atoms with Crippen LogP contribution in [0.4, 0.5) is 8.78 Å². The number of rotatable bonds is 7. The summed E-state index contributed by atoms with van der Waals surface area (Å²) in [6.45, 7) is 0.821. The Kier molecular flexibility index (Phi) is 5.85. The zero-order valence-electron chi connectivity index (χ0n) is 8.97. The highest BCUT2D eigenvalue weighted by Gasteiger charge is 2.45. The average molecular weight is 288 g/mol. The molecular formula is C8H10F2O7S. The van der Waals surface area contributed by atoms with Gasteiger partial charge in [0.05, 0.1) is 6.42 Å². The number of halogens is 2. The molecule has 0 aromatic rings. The summed E-state index contributed by atoms with van der Waals surface area (Å²) >= 11 is 0. The number of hydrogen-bond acceptors (Lipinski definition) is 6. The molecular weight excluding hydrogens is 278 g/mol. The Morgan fingerprint density at radius 1 is 1.33 bits per heavy atom. The summed E-state index contributed by atoms with van der Waals surface area (Å²) in [5.74, 6) is -2.03. The van der Waals surface area contributed by atoms with Crippen molar-refractivity contribution in [3.63, 3.8) is 0 Å². The molecule has 0 saturated carbocycles. The van der Waals surface area contributed by atoms with Crippen molar-refractivity contribution in [2.24, 2.45) is 0 Å². The van der Waals surface area contributed by atoms with Gasteiger partial charge in [-0.2, -0.15) is 17.2 Å². The van der Waals surface area contributed by atoms with E-state index in [-0.39, 0.29) is 0 Å². The van der Waals surface area contributed by atoms with E-state index < -0.39 is 46.9 Å². The lowest BCUT2D eigenvalue weighted by Crippen LogP contribution is -2.34. The molecule has 7 nitrogen and oxygen atoms in total. The van der Waals surface area contributed by atoms with Gasteiger partial charge in [0, 0.05) is 6.08 Å². The summed E-state index contributed by atoms with van der Waals surface area (Å²) in [5.41, 5.74) is 0. The minimum absolute atomic E-state index is 0.429. The van der Waals surface area contributed by atoms with Crippen molar-refractivity contribution < 1.29 is 40.8 Å². The molecule has 1 N–H and O–H groups in total. The maximum atomic E-state index is 12.6. The molecule has 0 aromatic heterocycles. The zero-order chi connectivity index (χ0) is 14.4. The van der Waals surface area contributed by atoms with Gasteiger partial charge in [0.15, 0.2) is 6.61 Å². The van der Waals surface area contributed by atoms with Crippen LogP contribution in [-0.4, -0.2) is 43.4 Å². The topological polar surface area (TPSA) is 107 Å². The lowest BCUT2D eigenvalue weighted by atomic mass is 10.4. The predicted molar refractivity (Wildman–Crippen MR) is 53.2 cm³/mol. The monoisotopic (exact) mass is 288 g/mol. The van der Waals surface area contributed by atoms with Crippen LogP contribution in [0.3, 0.4) is 0 Å². The molecule has 0 rings (SSSR count). The zero-order valence-corrected chi connectivity index (χ0v) is 9.78. The molecule has 0 aliphatic heterocycles. The van der Waals surface area contributed by atoms with Gasteiger partial charge in [-0.15, -0.1) is 0 Å². The first-order chi connectivity index (χ1) is 8.10. The van der Waals surface area contributed by atoms with Gasteiger partial charge in [0.25, 0.3) is 0 Å². The molecule has 0 bridgehead atoms. The third-order valence-electron chi connectivity index (χ3n) is 1.50. The fourth-order valence-electron chi connectivity index (χ4n) is 0.605. The first-order valence-electron chi connectivity index (χ1n) is 4.40. The quantitative estimate of drug-likeness (QED) is 0.403. The minimum Gasteiger partial charge on any atom is -0.462 e. The average Bonchev–Trinajstić information content (AvgIpc) is 2.24. The van der Waals surface area contributed by atoms with Crippen LogP contribution in [-0.2, 0) is 29.2 Å². The van der Waals surface area contributed by atoms with Gasteiger partial charge in [-0.3, -0.25) is 9.35 Å². The van der Waals surface area contributed by atoms with Gasteiger partial charge < -0.3 is 9.47 Å². The fraction of sp³-hybridized carbons (Fsp3) is 0.500. The van der Waals surface area contributed by atoms with Crippen LogP contribution < -0.4 is 0 Å². The molecule has 0 fully saturated rings. The Bertz CT molecular complexity index is 429. The Labute approximate surface area is 101 Å². The molecule has 104 valence electrons. The highest BCUT2D eigenvalue weighted by Crippen LogP contribution is 2.20. The lowest BCUT2D eigenvalue weighted by Gasteiger charge is -2.12. The van der Waals surface area contributed by atoms with Gasteiger partial charge in [0.2, 0.25) is 0 Å². The molecule has 10 heteroatoms. The molecule has 0 aliphatic carbocycles. The molecule has 0 saturated heterocycles. The Morgan fingerprint density at radius 3 is 2.33 bits per heavy atom. The normalized spacial score (nSPS) is 11.7. The number of carbonyl (C=O) groups excluding carboxylic acids is 2. The number of carbonyl (C=O) groups is 2. The van der Waals surface area contributed by atoms with Crippen LogP contribution in [0.5, 0.6) is 0 Å². The Morgan fingerprint density at radius 2 is 1.89 bits per heavy atom. The van der Waals surface area contributed by atoms with Crippen LogP contribution >= 0.6 is 0 Å². The van der Waals surface area contributed by atoms with Crippen molar-refractivity contribution in [1.82, 2.24) is 0 Å². The summed E-state index contributed by atoms with van der Waals surface area (Å²) in [5, 5.41) is -4.58. The number of esters is 2. The van der Waals surface area contributed by atoms with E-state index in [4.69, 9.17) is 4.55 Å². The van der Waals surface area contributed by atoms with Crippen LogP contribution in [0, 0.1) is 0 Å². The van der Waals surface area contributed by atoms with Crippen molar-refractivity contribution >= 4 is 22.1 Å². The molecule has 0 spiro atoms. The standard InChI is InChI=1S/C8H10F2O7S/c1-2-6(11)16-4-3-7(12)17-5-8(9,10)18(13,14)15/h2H,1,3-5H2,(H,13,14,15). The van der Waals surface area contributed by atoms with Gasteiger partial charge in [-0.1, -0.05) is 6.58 Å². The molecule has 0 radical (unpaired) electrons. The minimum atomic E-state index is -5.65. The summed E-state index contributed by atoms with van der Waals surface area (Å²) in [6, 6.07) is 0. The van der Waals surface area contributed by atoms with E-state index in [1.54, 1.807) is 0 Å². The third kappa shape index (κ3) is 5.68. The maximum Gasteiger partial charge on any atom is 0.402 e. The van der Waals surface area contributed by atoms with Crippen LogP contribution in [0.1, 0.15) is 6.42 Å². The maximum absolute atomic E-state index is 12.6. The van der Waals surface area contributed by atoms with Gasteiger partial charge in [-0.25, -0.2) is 4.79 Å². The molecule has 0 aliphatic rings. The second kappa shape index (κ2) is 6.40. The predicted octanol–water partition coefficient (Wildman–Crippen LogP) is 0.129. The molecule has 18 heavy (non-hydrogen) atoms. The second-order valence-corrected chi connectivity index (χ2v) is 4.44. The van der Waals surface area contributed by atoms with Crippen molar-refractivity contribution in [3.05, 3.63) is 12.7 Å². The van der Waals surface area contributed by atoms with E-state index in [2.05, 4.69) is 16.1 Å². The number of ether oxygens (including phenoxy) is 2. The van der Waals surface area contributed by atoms with Crippen LogP contribution in [0.2, 0.25) is 0 Å². The van der Waals surface area contributed by atoms with E-state index in [9.17, 15) is 26.8 Å². The van der Waals surface area contributed by atoms with Crippen molar-refractivity contribution in [3.8, 4) is 0 Å². The van der Waals surface area contributed by atoms with Crippen molar-refractivity contribution in [2.75, 3.05) is 13.2 Å². The van der Waals surface area contributed by atoms with E-state index in [0.29, 0.717) is 0 Å². The number of alkyl halides is 2.